The number of ether oxygens (including phenoxy) is 1. The highest BCUT2D eigenvalue weighted by molar-refractivity contribution is 6.04. The van der Waals surface area contributed by atoms with Crippen LogP contribution < -0.4 is 5.32 Å². The van der Waals surface area contributed by atoms with Gasteiger partial charge in [0.25, 0.3) is 0 Å². The van der Waals surface area contributed by atoms with Gasteiger partial charge >= 0.3 is 0 Å². The molecule has 1 N–H and O–H groups in total. The van der Waals surface area contributed by atoms with E-state index < -0.39 is 11.9 Å². The molecule has 0 aromatic heterocycles. The van der Waals surface area contributed by atoms with Gasteiger partial charge in [0.1, 0.15) is 12.6 Å². The molecule has 2 heterocycles. The number of carbonyl (C=O) groups is 3. The maximum Gasteiger partial charge on any atom is 0.249 e. The molecule has 2 aliphatic heterocycles. The van der Waals surface area contributed by atoms with Gasteiger partial charge in [0.15, 0.2) is 0 Å². The standard InChI is InChI=1S/C12H18N2O4/c1-2-9-11(16)13-10(15)7-14(9)12(17)8-3-5-18-6-4-8/h8-9H,2-7H2,1H3,(H,13,15,16). The van der Waals surface area contributed by atoms with Crippen LogP contribution in [0.2, 0.25) is 0 Å². The van der Waals surface area contributed by atoms with E-state index in [-0.39, 0.29) is 24.3 Å². The summed E-state index contributed by atoms with van der Waals surface area (Å²) in [5, 5.41) is 2.27. The van der Waals surface area contributed by atoms with Crippen LogP contribution in [0.5, 0.6) is 0 Å². The Hall–Kier alpha value is -1.43. The lowest BCUT2D eigenvalue weighted by Crippen LogP contribution is -2.60. The third kappa shape index (κ3) is 2.53. The first kappa shape index (κ1) is 13.0. The van der Waals surface area contributed by atoms with Crippen molar-refractivity contribution in [2.45, 2.75) is 32.2 Å². The van der Waals surface area contributed by atoms with Crippen LogP contribution in [0.3, 0.4) is 0 Å². The number of nitrogens with one attached hydrogen (secondary N) is 1. The van der Waals surface area contributed by atoms with E-state index in [1.54, 1.807) is 0 Å². The summed E-state index contributed by atoms with van der Waals surface area (Å²) >= 11 is 0. The van der Waals surface area contributed by atoms with Crippen molar-refractivity contribution >= 4 is 17.7 Å². The van der Waals surface area contributed by atoms with Gasteiger partial charge in [-0.25, -0.2) is 0 Å². The fourth-order valence-corrected chi connectivity index (χ4v) is 2.48. The molecule has 0 bridgehead atoms. The van der Waals surface area contributed by atoms with Gasteiger partial charge in [-0.2, -0.15) is 0 Å². The summed E-state index contributed by atoms with van der Waals surface area (Å²) in [4.78, 5) is 36.8. The van der Waals surface area contributed by atoms with Crippen molar-refractivity contribution < 1.29 is 19.1 Å². The largest absolute Gasteiger partial charge is 0.381 e. The molecule has 0 spiro atoms. The Kier molecular flexibility index (Phi) is 3.96. The highest BCUT2D eigenvalue weighted by Gasteiger charge is 2.38. The fourth-order valence-electron chi connectivity index (χ4n) is 2.48. The molecule has 1 unspecified atom stereocenters. The Morgan fingerprint density at radius 2 is 2.06 bits per heavy atom. The molecular formula is C12H18N2O4. The van der Waals surface area contributed by atoms with Crippen molar-refractivity contribution in [3.8, 4) is 0 Å². The van der Waals surface area contributed by atoms with Gasteiger partial charge in [0, 0.05) is 19.1 Å². The van der Waals surface area contributed by atoms with Gasteiger partial charge in [-0.15, -0.1) is 0 Å². The quantitative estimate of drug-likeness (QED) is 0.685. The summed E-state index contributed by atoms with van der Waals surface area (Å²) < 4.78 is 5.22. The molecule has 2 rings (SSSR count). The van der Waals surface area contributed by atoms with Crippen molar-refractivity contribution in [1.29, 1.82) is 0 Å². The smallest absolute Gasteiger partial charge is 0.249 e. The highest BCUT2D eigenvalue weighted by atomic mass is 16.5. The van der Waals surface area contributed by atoms with E-state index in [1.165, 1.54) is 4.90 Å². The van der Waals surface area contributed by atoms with Crippen molar-refractivity contribution in [3.05, 3.63) is 0 Å². The van der Waals surface area contributed by atoms with Crippen molar-refractivity contribution in [1.82, 2.24) is 10.2 Å². The van der Waals surface area contributed by atoms with Crippen LogP contribution in [0.4, 0.5) is 0 Å². The Morgan fingerprint density at radius 3 is 2.67 bits per heavy atom. The Morgan fingerprint density at radius 1 is 1.39 bits per heavy atom. The fraction of sp³-hybridized carbons (Fsp3) is 0.750. The van der Waals surface area contributed by atoms with Crippen LogP contribution in [0.1, 0.15) is 26.2 Å². The van der Waals surface area contributed by atoms with Gasteiger partial charge in [-0.3, -0.25) is 19.7 Å². The average Bonchev–Trinajstić information content (AvgIpc) is 2.38. The van der Waals surface area contributed by atoms with Gasteiger partial charge in [0.2, 0.25) is 17.7 Å². The van der Waals surface area contributed by atoms with Crippen LogP contribution in [0.25, 0.3) is 0 Å². The third-order valence-electron chi connectivity index (χ3n) is 3.50. The number of piperazine rings is 1. The summed E-state index contributed by atoms with van der Waals surface area (Å²) in [5.41, 5.74) is 0. The minimum absolute atomic E-state index is 0.0135. The summed E-state index contributed by atoms with van der Waals surface area (Å²) in [6, 6.07) is -0.516. The molecular weight excluding hydrogens is 236 g/mol. The highest BCUT2D eigenvalue weighted by Crippen LogP contribution is 2.21. The lowest BCUT2D eigenvalue weighted by atomic mass is 9.96. The summed E-state index contributed by atoms with van der Waals surface area (Å²) in [7, 11) is 0. The second-order valence-corrected chi connectivity index (χ2v) is 4.69. The minimum Gasteiger partial charge on any atom is -0.381 e. The van der Waals surface area contributed by atoms with Crippen LogP contribution in [0, 0.1) is 5.92 Å². The lowest BCUT2D eigenvalue weighted by Gasteiger charge is -2.36. The zero-order chi connectivity index (χ0) is 13.1. The lowest BCUT2D eigenvalue weighted by molar-refractivity contribution is -0.153. The maximum atomic E-state index is 12.4. The van der Waals surface area contributed by atoms with Crippen LogP contribution >= 0.6 is 0 Å². The number of hydrogen-bond acceptors (Lipinski definition) is 4. The van der Waals surface area contributed by atoms with E-state index >= 15 is 0 Å². The number of hydrogen-bond donors (Lipinski definition) is 1. The van der Waals surface area contributed by atoms with Gasteiger partial charge in [0.05, 0.1) is 0 Å². The number of imide groups is 1. The van der Waals surface area contributed by atoms with E-state index in [1.807, 2.05) is 6.92 Å². The van der Waals surface area contributed by atoms with E-state index in [0.717, 1.165) is 0 Å². The number of amides is 3. The molecule has 2 saturated heterocycles. The zero-order valence-electron chi connectivity index (χ0n) is 10.5. The van der Waals surface area contributed by atoms with Crippen LogP contribution in [0.15, 0.2) is 0 Å². The number of carbonyl (C=O) groups excluding carboxylic acids is 3. The van der Waals surface area contributed by atoms with Crippen LogP contribution in [-0.2, 0) is 19.1 Å². The Balaban J connectivity index is 2.10. The predicted octanol–water partition coefficient (Wildman–Crippen LogP) is -0.323. The molecule has 2 fully saturated rings. The molecule has 6 heteroatoms. The van der Waals surface area contributed by atoms with Gasteiger partial charge in [-0.1, -0.05) is 6.92 Å². The first-order valence-corrected chi connectivity index (χ1v) is 6.35. The molecule has 0 saturated carbocycles. The minimum atomic E-state index is -0.516. The Bertz CT molecular complexity index is 363. The van der Waals surface area contributed by atoms with E-state index in [4.69, 9.17) is 4.74 Å². The first-order valence-electron chi connectivity index (χ1n) is 6.35. The third-order valence-corrected chi connectivity index (χ3v) is 3.50. The zero-order valence-corrected chi connectivity index (χ0v) is 10.5. The molecule has 18 heavy (non-hydrogen) atoms. The topological polar surface area (TPSA) is 75.7 Å². The van der Waals surface area contributed by atoms with E-state index in [0.29, 0.717) is 32.5 Å². The summed E-state index contributed by atoms with van der Waals surface area (Å²) in [5.74, 6) is -0.973. The SMILES string of the molecule is CCC1C(=O)NC(=O)CN1C(=O)C1CCOCC1. The summed E-state index contributed by atoms with van der Waals surface area (Å²) in [6.07, 6.45) is 1.86. The maximum absolute atomic E-state index is 12.4. The molecule has 0 aromatic carbocycles. The van der Waals surface area contributed by atoms with Crippen molar-refractivity contribution in [3.63, 3.8) is 0 Å². The van der Waals surface area contributed by atoms with Crippen molar-refractivity contribution in [2.24, 2.45) is 5.92 Å². The number of nitrogens with zero attached hydrogens (tertiary/aromatic N) is 1. The van der Waals surface area contributed by atoms with E-state index in [9.17, 15) is 14.4 Å². The molecule has 0 radical (unpaired) electrons. The number of rotatable bonds is 2. The average molecular weight is 254 g/mol. The monoisotopic (exact) mass is 254 g/mol. The van der Waals surface area contributed by atoms with Gasteiger partial charge in [-0.05, 0) is 19.3 Å². The van der Waals surface area contributed by atoms with Gasteiger partial charge < -0.3 is 9.64 Å². The molecule has 0 aromatic rings. The summed E-state index contributed by atoms with van der Waals surface area (Å²) in [6.45, 7) is 2.97. The second kappa shape index (κ2) is 5.48. The van der Waals surface area contributed by atoms with E-state index in [2.05, 4.69) is 5.32 Å². The normalized spacial score (nSPS) is 26.1. The molecule has 6 nitrogen and oxygen atoms in total. The first-order chi connectivity index (χ1) is 8.63. The molecule has 1 atom stereocenters. The molecule has 0 aliphatic carbocycles. The molecule has 2 aliphatic rings. The second-order valence-electron chi connectivity index (χ2n) is 4.69. The Labute approximate surface area is 106 Å². The van der Waals surface area contributed by atoms with Crippen molar-refractivity contribution in [2.75, 3.05) is 19.8 Å². The molecule has 3 amide bonds. The van der Waals surface area contributed by atoms with Crippen LogP contribution in [-0.4, -0.2) is 48.4 Å². The molecule has 100 valence electrons. The predicted molar refractivity (Wildman–Crippen MR) is 62.5 cm³/mol.